The van der Waals surface area contributed by atoms with Crippen LogP contribution in [0.3, 0.4) is 0 Å². The second kappa shape index (κ2) is 9.95. The zero-order valence-electron chi connectivity index (χ0n) is 16.2. The van der Waals surface area contributed by atoms with Gasteiger partial charge in [0.05, 0.1) is 0 Å². The molecule has 0 atom stereocenters. The van der Waals surface area contributed by atoms with Crippen molar-refractivity contribution < 1.29 is 4.79 Å². The van der Waals surface area contributed by atoms with E-state index in [2.05, 4.69) is 51.7 Å². The number of aromatic nitrogens is 1. The van der Waals surface area contributed by atoms with Gasteiger partial charge in [0.25, 0.3) is 5.91 Å². The van der Waals surface area contributed by atoms with Gasteiger partial charge in [-0.25, -0.2) is 4.98 Å². The Hall–Kier alpha value is -2.56. The number of benzene rings is 1. The maximum absolute atomic E-state index is 12.3. The number of piperidine rings is 1. The first-order valence-electron chi connectivity index (χ1n) is 10.1. The van der Waals surface area contributed by atoms with Gasteiger partial charge in [0.1, 0.15) is 5.82 Å². The van der Waals surface area contributed by atoms with Crippen LogP contribution in [0.15, 0.2) is 42.6 Å². The van der Waals surface area contributed by atoms with Gasteiger partial charge in [0.2, 0.25) is 0 Å². The molecule has 0 bridgehead atoms. The van der Waals surface area contributed by atoms with Gasteiger partial charge in [-0.15, -0.1) is 0 Å². The zero-order chi connectivity index (χ0) is 18.9. The molecule has 5 heteroatoms. The first kappa shape index (κ1) is 19.2. The molecule has 2 aromatic rings. The summed E-state index contributed by atoms with van der Waals surface area (Å²) in [6.45, 7) is 5.16. The van der Waals surface area contributed by atoms with Crippen LogP contribution in [0.5, 0.6) is 0 Å². The second-order valence-corrected chi connectivity index (χ2v) is 7.11. The van der Waals surface area contributed by atoms with Gasteiger partial charge < -0.3 is 15.5 Å². The van der Waals surface area contributed by atoms with E-state index < -0.39 is 0 Å². The lowest BCUT2D eigenvalue weighted by atomic mass is 10.1. The number of nitrogens with one attached hydrogen (secondary N) is 2. The number of unbranched alkanes of at least 4 members (excludes halogenated alkanes) is 2. The summed E-state index contributed by atoms with van der Waals surface area (Å²) in [5.74, 6) is 0.638. The highest BCUT2D eigenvalue weighted by atomic mass is 16.1. The summed E-state index contributed by atoms with van der Waals surface area (Å²) in [5, 5.41) is 6.26. The molecule has 1 aliphatic heterocycles. The molecule has 1 amide bonds. The van der Waals surface area contributed by atoms with Crippen molar-refractivity contribution in [1.82, 2.24) is 10.3 Å². The van der Waals surface area contributed by atoms with Crippen LogP contribution in [0.4, 0.5) is 17.2 Å². The quantitative estimate of drug-likeness (QED) is 0.663. The zero-order valence-corrected chi connectivity index (χ0v) is 16.2. The molecule has 1 fully saturated rings. The molecule has 0 spiro atoms. The minimum Gasteiger partial charge on any atom is -0.372 e. The van der Waals surface area contributed by atoms with Crippen LogP contribution in [-0.4, -0.2) is 30.5 Å². The van der Waals surface area contributed by atoms with E-state index in [0.717, 1.165) is 44.6 Å². The summed E-state index contributed by atoms with van der Waals surface area (Å²) >= 11 is 0. The summed E-state index contributed by atoms with van der Waals surface area (Å²) in [6, 6.07) is 12.0. The third-order valence-electron chi connectivity index (χ3n) is 4.95. The molecule has 1 aromatic carbocycles. The van der Waals surface area contributed by atoms with Gasteiger partial charge in [-0.3, -0.25) is 4.79 Å². The predicted molar refractivity (Wildman–Crippen MR) is 112 cm³/mol. The molecule has 1 saturated heterocycles. The van der Waals surface area contributed by atoms with Crippen LogP contribution in [0.25, 0.3) is 0 Å². The number of anilines is 3. The standard InChI is InChI=1S/C22H30N4O/c1-2-3-5-13-24-22(27)18-12-14-23-21(17-18)25-19-8-10-20(11-9-19)26-15-6-4-7-16-26/h8-12,14,17H,2-7,13,15-16H2,1H3,(H,23,25)(H,24,27). The Labute approximate surface area is 162 Å². The number of hydrogen-bond donors (Lipinski definition) is 2. The number of nitrogens with zero attached hydrogens (tertiary/aromatic N) is 2. The Balaban J connectivity index is 1.58. The molecule has 0 saturated carbocycles. The van der Waals surface area contributed by atoms with Gasteiger partial charge in [0.15, 0.2) is 0 Å². The van der Waals surface area contributed by atoms with Crippen LogP contribution in [0.1, 0.15) is 55.8 Å². The first-order chi connectivity index (χ1) is 13.3. The van der Waals surface area contributed by atoms with Crippen molar-refractivity contribution in [1.29, 1.82) is 0 Å². The fourth-order valence-corrected chi connectivity index (χ4v) is 3.37. The van der Waals surface area contributed by atoms with E-state index in [4.69, 9.17) is 0 Å². The Bertz CT molecular complexity index is 723. The summed E-state index contributed by atoms with van der Waals surface area (Å²) in [4.78, 5) is 19.0. The van der Waals surface area contributed by atoms with Crippen molar-refractivity contribution in [3.63, 3.8) is 0 Å². The van der Waals surface area contributed by atoms with E-state index in [1.54, 1.807) is 18.3 Å². The minimum atomic E-state index is -0.0444. The Kier molecular flexibility index (Phi) is 7.08. The molecule has 1 aromatic heterocycles. The summed E-state index contributed by atoms with van der Waals surface area (Å²) in [7, 11) is 0. The molecule has 0 unspecified atom stereocenters. The van der Waals surface area contributed by atoms with Gasteiger partial charge >= 0.3 is 0 Å². The van der Waals surface area contributed by atoms with Gasteiger partial charge in [-0.05, 0) is 62.1 Å². The normalized spacial score (nSPS) is 14.0. The van der Waals surface area contributed by atoms with E-state index in [-0.39, 0.29) is 5.91 Å². The second-order valence-electron chi connectivity index (χ2n) is 7.11. The SMILES string of the molecule is CCCCCNC(=O)c1ccnc(Nc2ccc(N3CCCCC3)cc2)c1. The highest BCUT2D eigenvalue weighted by Gasteiger charge is 2.11. The molecule has 5 nitrogen and oxygen atoms in total. The monoisotopic (exact) mass is 366 g/mol. The van der Waals surface area contributed by atoms with Crippen LogP contribution in [0, 0.1) is 0 Å². The molecule has 2 N–H and O–H groups in total. The topological polar surface area (TPSA) is 57.3 Å². The van der Waals surface area contributed by atoms with Crippen molar-refractivity contribution in [2.75, 3.05) is 29.9 Å². The van der Waals surface area contributed by atoms with Crippen molar-refractivity contribution in [3.05, 3.63) is 48.2 Å². The number of carbonyl (C=O) groups is 1. The summed E-state index contributed by atoms with van der Waals surface area (Å²) in [5.41, 5.74) is 2.88. The molecule has 144 valence electrons. The van der Waals surface area contributed by atoms with Crippen molar-refractivity contribution in [3.8, 4) is 0 Å². The maximum atomic E-state index is 12.3. The highest BCUT2D eigenvalue weighted by Crippen LogP contribution is 2.23. The lowest BCUT2D eigenvalue weighted by molar-refractivity contribution is 0.0953. The molecular formula is C22H30N4O. The summed E-state index contributed by atoms with van der Waals surface area (Å²) in [6.07, 6.45) is 8.86. The van der Waals surface area contributed by atoms with Crippen LogP contribution in [0.2, 0.25) is 0 Å². The van der Waals surface area contributed by atoms with E-state index in [1.165, 1.54) is 24.9 Å². The molecule has 3 rings (SSSR count). The van der Waals surface area contributed by atoms with Crippen LogP contribution < -0.4 is 15.5 Å². The number of rotatable bonds is 8. The number of pyridine rings is 1. The lowest BCUT2D eigenvalue weighted by Crippen LogP contribution is -2.29. The average Bonchev–Trinajstić information content (AvgIpc) is 2.72. The largest absolute Gasteiger partial charge is 0.372 e. The van der Waals surface area contributed by atoms with Crippen LogP contribution >= 0.6 is 0 Å². The lowest BCUT2D eigenvalue weighted by Gasteiger charge is -2.28. The third-order valence-corrected chi connectivity index (χ3v) is 4.95. The first-order valence-corrected chi connectivity index (χ1v) is 10.1. The predicted octanol–water partition coefficient (Wildman–Crippen LogP) is 4.74. The van der Waals surface area contributed by atoms with Crippen molar-refractivity contribution >= 4 is 23.1 Å². The number of carbonyl (C=O) groups excluding carboxylic acids is 1. The van der Waals surface area contributed by atoms with Gasteiger partial charge in [-0.2, -0.15) is 0 Å². The minimum absolute atomic E-state index is 0.0444. The van der Waals surface area contributed by atoms with E-state index >= 15 is 0 Å². The summed E-state index contributed by atoms with van der Waals surface area (Å²) < 4.78 is 0. The van der Waals surface area contributed by atoms with E-state index in [1.807, 2.05) is 0 Å². The molecule has 0 aliphatic carbocycles. The van der Waals surface area contributed by atoms with Crippen molar-refractivity contribution in [2.24, 2.45) is 0 Å². The third kappa shape index (κ3) is 5.71. The van der Waals surface area contributed by atoms with E-state index in [9.17, 15) is 4.79 Å². The highest BCUT2D eigenvalue weighted by molar-refractivity contribution is 5.94. The molecular weight excluding hydrogens is 336 g/mol. The van der Waals surface area contributed by atoms with Crippen LogP contribution in [-0.2, 0) is 0 Å². The van der Waals surface area contributed by atoms with Crippen molar-refractivity contribution in [2.45, 2.75) is 45.4 Å². The fraction of sp³-hybridized carbons (Fsp3) is 0.455. The average molecular weight is 367 g/mol. The smallest absolute Gasteiger partial charge is 0.251 e. The van der Waals surface area contributed by atoms with Gasteiger partial charge in [-0.1, -0.05) is 19.8 Å². The Morgan fingerprint density at radius 1 is 1.07 bits per heavy atom. The Morgan fingerprint density at radius 2 is 1.85 bits per heavy atom. The molecule has 27 heavy (non-hydrogen) atoms. The Morgan fingerprint density at radius 3 is 2.59 bits per heavy atom. The van der Waals surface area contributed by atoms with Gasteiger partial charge in [0, 0.05) is 42.8 Å². The maximum Gasteiger partial charge on any atom is 0.251 e. The molecule has 1 aliphatic rings. The fourth-order valence-electron chi connectivity index (χ4n) is 3.37. The number of amides is 1. The number of hydrogen-bond acceptors (Lipinski definition) is 4. The van der Waals surface area contributed by atoms with E-state index in [0.29, 0.717) is 11.4 Å². The molecule has 0 radical (unpaired) electrons. The molecule has 2 heterocycles.